The number of aromatic nitrogens is 2. The first-order valence-corrected chi connectivity index (χ1v) is 6.07. The van der Waals surface area contributed by atoms with Crippen LogP contribution >= 0.6 is 11.6 Å². The van der Waals surface area contributed by atoms with E-state index in [1.54, 1.807) is 0 Å². The fourth-order valence-corrected chi connectivity index (χ4v) is 1.90. The third kappa shape index (κ3) is 2.87. The summed E-state index contributed by atoms with van der Waals surface area (Å²) in [6.45, 7) is 3.88. The van der Waals surface area contributed by atoms with E-state index in [0.717, 1.165) is 29.4 Å². The van der Waals surface area contributed by atoms with Crippen LogP contribution in [0.4, 0.5) is 0 Å². The minimum Gasteiger partial charge on any atom is -0.313 e. The van der Waals surface area contributed by atoms with E-state index in [9.17, 15) is 0 Å². The summed E-state index contributed by atoms with van der Waals surface area (Å²) in [5.74, 6) is 0. The van der Waals surface area contributed by atoms with Crippen LogP contribution in [0.2, 0.25) is 5.02 Å². The van der Waals surface area contributed by atoms with Crippen LogP contribution in [0.25, 0.3) is 11.3 Å². The molecule has 0 atom stereocenters. The number of halogens is 1. The Morgan fingerprint density at radius 1 is 1.29 bits per heavy atom. The van der Waals surface area contributed by atoms with Crippen LogP contribution in [0.3, 0.4) is 0 Å². The van der Waals surface area contributed by atoms with Gasteiger partial charge in [0.25, 0.3) is 0 Å². The molecular formula is C13H16ClN3. The van der Waals surface area contributed by atoms with E-state index in [0.29, 0.717) is 0 Å². The van der Waals surface area contributed by atoms with Gasteiger partial charge in [0.05, 0.1) is 5.69 Å². The maximum Gasteiger partial charge on any atom is 0.0968 e. The van der Waals surface area contributed by atoms with Crippen molar-refractivity contribution < 1.29 is 0 Å². The van der Waals surface area contributed by atoms with E-state index >= 15 is 0 Å². The van der Waals surface area contributed by atoms with E-state index < -0.39 is 0 Å². The molecule has 4 heteroatoms. The summed E-state index contributed by atoms with van der Waals surface area (Å²) in [5, 5.41) is 8.57. The molecule has 3 nitrogen and oxygen atoms in total. The Hall–Kier alpha value is -1.32. The second-order valence-electron chi connectivity index (χ2n) is 3.96. The molecule has 1 aromatic heterocycles. The molecule has 0 radical (unpaired) electrons. The van der Waals surface area contributed by atoms with Gasteiger partial charge in [0.2, 0.25) is 0 Å². The van der Waals surface area contributed by atoms with Gasteiger partial charge in [0.15, 0.2) is 0 Å². The number of hydrogen-bond donors (Lipinski definition) is 1. The van der Waals surface area contributed by atoms with Crippen molar-refractivity contribution in [2.45, 2.75) is 13.5 Å². The Kier molecular flexibility index (Phi) is 3.82. The van der Waals surface area contributed by atoms with Crippen molar-refractivity contribution in [3.8, 4) is 11.3 Å². The van der Waals surface area contributed by atoms with Crippen LogP contribution in [0.5, 0.6) is 0 Å². The summed E-state index contributed by atoms with van der Waals surface area (Å²) < 4.78 is 1.84. The molecule has 17 heavy (non-hydrogen) atoms. The first kappa shape index (κ1) is 12.1. The van der Waals surface area contributed by atoms with Crippen molar-refractivity contribution in [3.63, 3.8) is 0 Å². The maximum atomic E-state index is 5.89. The van der Waals surface area contributed by atoms with Crippen molar-refractivity contribution in [2.24, 2.45) is 7.05 Å². The largest absolute Gasteiger partial charge is 0.313 e. The molecule has 0 aliphatic rings. The van der Waals surface area contributed by atoms with Crippen molar-refractivity contribution in [2.75, 3.05) is 6.54 Å². The molecule has 90 valence electrons. The zero-order valence-corrected chi connectivity index (χ0v) is 10.8. The SMILES string of the molecule is CCNCc1cn(C)nc1-c1ccc(Cl)cc1. The van der Waals surface area contributed by atoms with Gasteiger partial charge in [-0.25, -0.2) is 0 Å². The van der Waals surface area contributed by atoms with Gasteiger partial charge in [0.1, 0.15) is 0 Å². The average Bonchev–Trinajstić information content (AvgIpc) is 2.69. The number of aryl methyl sites for hydroxylation is 1. The molecule has 0 spiro atoms. The third-order valence-electron chi connectivity index (χ3n) is 2.59. The van der Waals surface area contributed by atoms with Gasteiger partial charge in [-0.3, -0.25) is 4.68 Å². The highest BCUT2D eigenvalue weighted by Crippen LogP contribution is 2.23. The Bertz CT molecular complexity index is 488. The Labute approximate surface area is 106 Å². The highest BCUT2D eigenvalue weighted by molar-refractivity contribution is 6.30. The summed E-state index contributed by atoms with van der Waals surface area (Å²) in [6.07, 6.45) is 2.05. The zero-order chi connectivity index (χ0) is 12.3. The Morgan fingerprint density at radius 3 is 2.65 bits per heavy atom. The summed E-state index contributed by atoms with van der Waals surface area (Å²) in [4.78, 5) is 0. The molecule has 1 aromatic carbocycles. The molecule has 0 saturated carbocycles. The standard InChI is InChI=1S/C13H16ClN3/c1-3-15-8-11-9-17(2)16-13(11)10-4-6-12(14)7-5-10/h4-7,9,15H,3,8H2,1-2H3. The first-order chi connectivity index (χ1) is 8.20. The lowest BCUT2D eigenvalue weighted by atomic mass is 10.1. The molecule has 0 unspecified atom stereocenters. The average molecular weight is 250 g/mol. The molecule has 2 rings (SSSR count). The highest BCUT2D eigenvalue weighted by Gasteiger charge is 2.09. The Morgan fingerprint density at radius 2 is 2.00 bits per heavy atom. The molecule has 0 amide bonds. The lowest BCUT2D eigenvalue weighted by Crippen LogP contribution is -2.11. The predicted molar refractivity (Wildman–Crippen MR) is 71.0 cm³/mol. The molecule has 0 aliphatic heterocycles. The predicted octanol–water partition coefficient (Wildman–Crippen LogP) is 2.85. The molecular weight excluding hydrogens is 234 g/mol. The van der Waals surface area contributed by atoms with E-state index in [4.69, 9.17) is 11.6 Å². The quantitative estimate of drug-likeness (QED) is 0.903. The highest BCUT2D eigenvalue weighted by atomic mass is 35.5. The zero-order valence-electron chi connectivity index (χ0n) is 10.1. The molecule has 0 aliphatic carbocycles. The van der Waals surface area contributed by atoms with Crippen molar-refractivity contribution in [1.82, 2.24) is 15.1 Å². The molecule has 2 aromatic rings. The lowest BCUT2D eigenvalue weighted by Gasteiger charge is -2.03. The van der Waals surface area contributed by atoms with E-state index in [1.165, 1.54) is 5.56 Å². The van der Waals surface area contributed by atoms with Crippen LogP contribution in [0.1, 0.15) is 12.5 Å². The fourth-order valence-electron chi connectivity index (χ4n) is 1.78. The minimum absolute atomic E-state index is 0.748. The number of rotatable bonds is 4. The van der Waals surface area contributed by atoms with Gasteiger partial charge in [-0.1, -0.05) is 30.7 Å². The monoisotopic (exact) mass is 249 g/mol. The van der Waals surface area contributed by atoms with Gasteiger partial charge in [-0.2, -0.15) is 5.10 Å². The third-order valence-corrected chi connectivity index (χ3v) is 2.84. The summed E-state index contributed by atoms with van der Waals surface area (Å²) in [5.41, 5.74) is 3.32. The first-order valence-electron chi connectivity index (χ1n) is 5.70. The molecule has 1 N–H and O–H groups in total. The van der Waals surface area contributed by atoms with Crippen LogP contribution in [0.15, 0.2) is 30.5 Å². The van der Waals surface area contributed by atoms with E-state index in [2.05, 4.69) is 17.3 Å². The summed E-state index contributed by atoms with van der Waals surface area (Å²) in [6, 6.07) is 7.78. The van der Waals surface area contributed by atoms with Crippen molar-refractivity contribution in [3.05, 3.63) is 41.0 Å². The van der Waals surface area contributed by atoms with Gasteiger partial charge in [-0.05, 0) is 18.7 Å². The normalized spacial score (nSPS) is 10.8. The van der Waals surface area contributed by atoms with Crippen molar-refractivity contribution >= 4 is 11.6 Å². The second kappa shape index (κ2) is 5.34. The second-order valence-corrected chi connectivity index (χ2v) is 4.40. The van der Waals surface area contributed by atoms with Crippen LogP contribution in [-0.2, 0) is 13.6 Å². The van der Waals surface area contributed by atoms with Crippen LogP contribution in [-0.4, -0.2) is 16.3 Å². The van der Waals surface area contributed by atoms with E-state index in [-0.39, 0.29) is 0 Å². The maximum absolute atomic E-state index is 5.89. The molecule has 0 bridgehead atoms. The van der Waals surface area contributed by atoms with Crippen molar-refractivity contribution in [1.29, 1.82) is 0 Å². The fraction of sp³-hybridized carbons (Fsp3) is 0.308. The van der Waals surface area contributed by atoms with Gasteiger partial charge < -0.3 is 5.32 Å². The minimum atomic E-state index is 0.748. The molecule has 0 fully saturated rings. The number of nitrogens with one attached hydrogen (secondary N) is 1. The van der Waals surface area contributed by atoms with Crippen LogP contribution < -0.4 is 5.32 Å². The number of nitrogens with zero attached hydrogens (tertiary/aromatic N) is 2. The number of benzene rings is 1. The van der Waals surface area contributed by atoms with Crippen LogP contribution in [0, 0.1) is 0 Å². The van der Waals surface area contributed by atoms with Gasteiger partial charge in [0, 0.05) is 35.9 Å². The Balaban J connectivity index is 2.33. The number of hydrogen-bond acceptors (Lipinski definition) is 2. The van der Waals surface area contributed by atoms with Gasteiger partial charge in [-0.15, -0.1) is 0 Å². The van der Waals surface area contributed by atoms with Gasteiger partial charge >= 0.3 is 0 Å². The topological polar surface area (TPSA) is 29.9 Å². The molecule has 1 heterocycles. The van der Waals surface area contributed by atoms with E-state index in [1.807, 2.05) is 42.2 Å². The lowest BCUT2D eigenvalue weighted by molar-refractivity contribution is 0.724. The smallest absolute Gasteiger partial charge is 0.0968 e. The summed E-state index contributed by atoms with van der Waals surface area (Å²) in [7, 11) is 1.94. The summed E-state index contributed by atoms with van der Waals surface area (Å²) >= 11 is 5.89. The molecule has 0 saturated heterocycles.